The third kappa shape index (κ3) is 6.93. The molecule has 37 heavy (non-hydrogen) atoms. The lowest BCUT2D eigenvalue weighted by atomic mass is 10.1. The van der Waals surface area contributed by atoms with Gasteiger partial charge in [-0.2, -0.15) is 0 Å². The lowest BCUT2D eigenvalue weighted by molar-refractivity contribution is -0.116. The van der Waals surface area contributed by atoms with Crippen LogP contribution in [0.1, 0.15) is 29.7 Å². The van der Waals surface area contributed by atoms with E-state index in [-0.39, 0.29) is 5.91 Å². The Bertz CT molecular complexity index is 1410. The van der Waals surface area contributed by atoms with Crippen LogP contribution in [0.2, 0.25) is 5.02 Å². The van der Waals surface area contributed by atoms with Gasteiger partial charge in [0.15, 0.2) is 0 Å². The van der Waals surface area contributed by atoms with E-state index in [1.54, 1.807) is 12.3 Å². The van der Waals surface area contributed by atoms with E-state index in [0.717, 1.165) is 46.4 Å². The van der Waals surface area contributed by atoms with Crippen LogP contribution in [-0.4, -0.2) is 46.4 Å². The van der Waals surface area contributed by atoms with Crippen LogP contribution >= 0.6 is 11.6 Å². The van der Waals surface area contributed by atoms with E-state index in [1.165, 1.54) is 6.33 Å². The van der Waals surface area contributed by atoms with Gasteiger partial charge in [-0.05, 0) is 82.4 Å². The van der Waals surface area contributed by atoms with Gasteiger partial charge in [0.1, 0.15) is 24.5 Å². The van der Waals surface area contributed by atoms with Crippen LogP contribution in [-0.2, 0) is 11.4 Å². The van der Waals surface area contributed by atoms with Gasteiger partial charge in [-0.15, -0.1) is 0 Å². The van der Waals surface area contributed by atoms with Crippen LogP contribution < -0.4 is 15.4 Å². The number of carbonyl (C=O) groups excluding carboxylic acids is 1. The third-order valence-electron chi connectivity index (χ3n) is 5.95. The van der Waals surface area contributed by atoms with Gasteiger partial charge in [-0.3, -0.25) is 9.78 Å². The number of rotatable bonds is 10. The number of aromatic nitrogens is 3. The summed E-state index contributed by atoms with van der Waals surface area (Å²) in [4.78, 5) is 27.7. The number of fused-ring (bicyclic) bond motifs is 1. The van der Waals surface area contributed by atoms with Gasteiger partial charge in [-0.25, -0.2) is 9.97 Å². The first kappa shape index (κ1) is 26.3. The maximum absolute atomic E-state index is 12.5. The molecule has 1 amide bonds. The molecule has 4 rings (SSSR count). The van der Waals surface area contributed by atoms with Crippen molar-refractivity contribution in [3.8, 4) is 5.75 Å². The Kier molecular flexibility index (Phi) is 8.53. The summed E-state index contributed by atoms with van der Waals surface area (Å²) in [5, 5.41) is 7.60. The summed E-state index contributed by atoms with van der Waals surface area (Å²) in [6.45, 7) is 5.17. The summed E-state index contributed by atoms with van der Waals surface area (Å²) in [5.41, 5.74) is 5.06. The van der Waals surface area contributed by atoms with Gasteiger partial charge < -0.3 is 20.3 Å². The number of halogens is 1. The number of benzene rings is 2. The fraction of sp³-hybridized carbons (Fsp3) is 0.286. The molecule has 2 aromatic heterocycles. The number of carbonyl (C=O) groups is 1. The smallest absolute Gasteiger partial charge is 0.224 e. The Labute approximate surface area is 222 Å². The molecule has 8 nitrogen and oxygen atoms in total. The summed E-state index contributed by atoms with van der Waals surface area (Å²) in [6.07, 6.45) is 4.50. The van der Waals surface area contributed by atoms with Crippen molar-refractivity contribution in [2.24, 2.45) is 0 Å². The monoisotopic (exact) mass is 518 g/mol. The SMILES string of the molecule is Cc1cc2ncnc(Nc3ccc(OCc4ncccc4C)cc3Cl)c2cc1NC(=O)CCCN(C)C. The van der Waals surface area contributed by atoms with Crippen LogP contribution in [0, 0.1) is 13.8 Å². The Morgan fingerprint density at radius 1 is 1.03 bits per heavy atom. The lowest BCUT2D eigenvalue weighted by Gasteiger charge is -2.14. The maximum Gasteiger partial charge on any atom is 0.224 e. The predicted molar refractivity (Wildman–Crippen MR) is 149 cm³/mol. The summed E-state index contributed by atoms with van der Waals surface area (Å²) in [7, 11) is 3.99. The van der Waals surface area contributed by atoms with Crippen LogP contribution in [0.5, 0.6) is 5.75 Å². The van der Waals surface area contributed by atoms with Crippen LogP contribution in [0.3, 0.4) is 0 Å². The molecule has 2 N–H and O–H groups in total. The minimum atomic E-state index is -0.0183. The number of anilines is 3. The van der Waals surface area contributed by atoms with Crippen molar-refractivity contribution in [2.75, 3.05) is 31.3 Å². The molecule has 0 aliphatic heterocycles. The van der Waals surface area contributed by atoms with Crippen molar-refractivity contribution in [3.63, 3.8) is 0 Å². The number of hydrogen-bond donors (Lipinski definition) is 2. The molecule has 0 atom stereocenters. The Morgan fingerprint density at radius 2 is 1.86 bits per heavy atom. The number of ether oxygens (including phenoxy) is 1. The van der Waals surface area contributed by atoms with Crippen molar-refractivity contribution >= 4 is 45.6 Å². The summed E-state index contributed by atoms with van der Waals surface area (Å²) >= 11 is 6.58. The van der Waals surface area contributed by atoms with Gasteiger partial charge in [0.25, 0.3) is 0 Å². The number of pyridine rings is 1. The molecule has 2 aromatic carbocycles. The lowest BCUT2D eigenvalue weighted by Crippen LogP contribution is -2.17. The largest absolute Gasteiger partial charge is 0.487 e. The van der Waals surface area contributed by atoms with E-state index in [2.05, 4.69) is 30.5 Å². The first-order valence-electron chi connectivity index (χ1n) is 12.1. The second-order valence-corrected chi connectivity index (χ2v) is 9.59. The van der Waals surface area contributed by atoms with Crippen molar-refractivity contribution < 1.29 is 9.53 Å². The Balaban J connectivity index is 1.50. The quantitative estimate of drug-likeness (QED) is 0.270. The first-order chi connectivity index (χ1) is 17.8. The third-order valence-corrected chi connectivity index (χ3v) is 6.26. The fourth-order valence-electron chi connectivity index (χ4n) is 3.85. The Hall–Kier alpha value is -3.75. The minimum Gasteiger partial charge on any atom is -0.487 e. The number of amides is 1. The average Bonchev–Trinajstić information content (AvgIpc) is 2.85. The predicted octanol–water partition coefficient (Wildman–Crippen LogP) is 5.90. The standard InChI is InChI=1S/C28H31ClN6O2/c1-18-7-5-11-30-26(18)16-37-20-9-10-23(22(29)14-20)34-28-21-15-24(19(2)13-25(21)31-17-32-28)33-27(36)8-6-12-35(3)4/h5,7,9-11,13-15,17H,6,8,12,16H2,1-4H3,(H,33,36)(H,31,32,34). The zero-order valence-electron chi connectivity index (χ0n) is 21.5. The number of hydrogen-bond acceptors (Lipinski definition) is 7. The topological polar surface area (TPSA) is 92.3 Å². The van der Waals surface area contributed by atoms with Crippen LogP contribution in [0.4, 0.5) is 17.2 Å². The highest BCUT2D eigenvalue weighted by molar-refractivity contribution is 6.33. The van der Waals surface area contributed by atoms with Crippen molar-refractivity contribution in [2.45, 2.75) is 33.3 Å². The van der Waals surface area contributed by atoms with Crippen molar-refractivity contribution in [1.29, 1.82) is 0 Å². The van der Waals surface area contributed by atoms with E-state index >= 15 is 0 Å². The molecule has 0 spiro atoms. The van der Waals surface area contributed by atoms with Crippen molar-refractivity contribution in [1.82, 2.24) is 19.9 Å². The van der Waals surface area contributed by atoms with Crippen LogP contribution in [0.25, 0.3) is 10.9 Å². The number of aryl methyl sites for hydroxylation is 2. The van der Waals surface area contributed by atoms with Gasteiger partial charge >= 0.3 is 0 Å². The fourth-order valence-corrected chi connectivity index (χ4v) is 4.06. The number of nitrogens with zero attached hydrogens (tertiary/aromatic N) is 4. The van der Waals surface area contributed by atoms with E-state index in [9.17, 15) is 4.79 Å². The first-order valence-corrected chi connectivity index (χ1v) is 12.5. The van der Waals surface area contributed by atoms with Gasteiger partial charge in [0.05, 0.1) is 21.9 Å². The second-order valence-electron chi connectivity index (χ2n) is 9.18. The van der Waals surface area contributed by atoms with Gasteiger partial charge in [0.2, 0.25) is 5.91 Å². The van der Waals surface area contributed by atoms with Gasteiger partial charge in [-0.1, -0.05) is 17.7 Å². The number of nitrogens with one attached hydrogen (secondary N) is 2. The average molecular weight is 519 g/mol. The summed E-state index contributed by atoms with van der Waals surface area (Å²) in [6, 6.07) is 13.2. The highest BCUT2D eigenvalue weighted by Crippen LogP contribution is 2.33. The second kappa shape index (κ2) is 12.0. The molecule has 0 saturated heterocycles. The molecule has 0 saturated carbocycles. The van der Waals surface area contributed by atoms with Crippen LogP contribution in [0.15, 0.2) is 55.0 Å². The summed E-state index contributed by atoms with van der Waals surface area (Å²) < 4.78 is 5.89. The molecule has 0 radical (unpaired) electrons. The molecule has 2 heterocycles. The normalized spacial score (nSPS) is 11.1. The van der Waals surface area contributed by atoms with E-state index in [1.807, 2.05) is 64.3 Å². The van der Waals surface area contributed by atoms with Crippen molar-refractivity contribution in [3.05, 3.63) is 76.8 Å². The molecule has 0 unspecified atom stereocenters. The molecule has 0 aliphatic rings. The zero-order chi connectivity index (χ0) is 26.4. The van der Waals surface area contributed by atoms with E-state index in [0.29, 0.717) is 35.3 Å². The highest BCUT2D eigenvalue weighted by Gasteiger charge is 2.12. The van der Waals surface area contributed by atoms with Gasteiger partial charge in [0, 0.05) is 29.8 Å². The maximum atomic E-state index is 12.5. The molecule has 4 aromatic rings. The molecule has 0 bridgehead atoms. The summed E-state index contributed by atoms with van der Waals surface area (Å²) in [5.74, 6) is 1.21. The minimum absolute atomic E-state index is 0.0183. The Morgan fingerprint density at radius 3 is 2.62 bits per heavy atom. The zero-order valence-corrected chi connectivity index (χ0v) is 22.3. The molecule has 9 heteroatoms. The van der Waals surface area contributed by atoms with E-state index < -0.39 is 0 Å². The molecule has 0 fully saturated rings. The highest BCUT2D eigenvalue weighted by atomic mass is 35.5. The molecular weight excluding hydrogens is 488 g/mol. The van der Waals surface area contributed by atoms with E-state index in [4.69, 9.17) is 16.3 Å². The molecule has 192 valence electrons. The molecule has 0 aliphatic carbocycles. The molecular formula is C28H31ClN6O2.